The van der Waals surface area contributed by atoms with Crippen LogP contribution in [0.15, 0.2) is 54.6 Å². The van der Waals surface area contributed by atoms with Gasteiger partial charge in [-0.3, -0.25) is 4.79 Å². The van der Waals surface area contributed by atoms with Gasteiger partial charge >= 0.3 is 0 Å². The largest absolute Gasteiger partial charge is 0.490 e. The molecule has 26 heavy (non-hydrogen) atoms. The van der Waals surface area contributed by atoms with E-state index in [0.29, 0.717) is 17.9 Å². The summed E-state index contributed by atoms with van der Waals surface area (Å²) in [6.45, 7) is 4.01. The molecule has 0 saturated carbocycles. The van der Waals surface area contributed by atoms with Crippen molar-refractivity contribution in [3.63, 3.8) is 0 Å². The Morgan fingerprint density at radius 1 is 1.12 bits per heavy atom. The van der Waals surface area contributed by atoms with E-state index in [1.165, 1.54) is 4.90 Å². The van der Waals surface area contributed by atoms with Crippen LogP contribution in [0.4, 0.5) is 5.69 Å². The fourth-order valence-corrected chi connectivity index (χ4v) is 2.94. The summed E-state index contributed by atoms with van der Waals surface area (Å²) in [5, 5.41) is 13.1. The molecule has 6 heteroatoms. The summed E-state index contributed by atoms with van der Waals surface area (Å²) >= 11 is 0. The quantitative estimate of drug-likeness (QED) is 0.678. The molecule has 1 amide bonds. The van der Waals surface area contributed by atoms with Crippen LogP contribution in [0.2, 0.25) is 0 Å². The van der Waals surface area contributed by atoms with E-state index >= 15 is 0 Å². The first-order chi connectivity index (χ1) is 12.7. The Morgan fingerprint density at radius 2 is 1.81 bits per heavy atom. The smallest absolute Gasteiger partial charge is 0.259 e. The average molecular weight is 357 g/mol. The van der Waals surface area contributed by atoms with Crippen LogP contribution < -0.4 is 15.0 Å². The SMILES string of the molecule is O=C(Nc1ccccc1)c1ccccc1OCC(O)C[NH+]1CCOCC1. The number of para-hydroxylation sites is 2. The highest BCUT2D eigenvalue weighted by Crippen LogP contribution is 2.20. The van der Waals surface area contributed by atoms with Crippen LogP contribution in [0.5, 0.6) is 5.75 Å². The monoisotopic (exact) mass is 357 g/mol. The number of anilines is 1. The Hall–Kier alpha value is -2.41. The van der Waals surface area contributed by atoms with Gasteiger partial charge in [-0.1, -0.05) is 30.3 Å². The van der Waals surface area contributed by atoms with E-state index in [-0.39, 0.29) is 12.5 Å². The molecular formula is C20H25N2O4+. The molecule has 0 radical (unpaired) electrons. The lowest BCUT2D eigenvalue weighted by atomic mass is 10.2. The van der Waals surface area contributed by atoms with Crippen molar-refractivity contribution in [1.82, 2.24) is 0 Å². The number of hydrogen-bond donors (Lipinski definition) is 3. The number of morpholine rings is 1. The molecule has 1 fully saturated rings. The number of carbonyl (C=O) groups is 1. The third-order valence-electron chi connectivity index (χ3n) is 4.32. The van der Waals surface area contributed by atoms with Gasteiger partial charge in [-0.15, -0.1) is 0 Å². The van der Waals surface area contributed by atoms with E-state index in [4.69, 9.17) is 9.47 Å². The first-order valence-corrected chi connectivity index (χ1v) is 8.90. The van der Waals surface area contributed by atoms with Crippen molar-refractivity contribution >= 4 is 11.6 Å². The zero-order valence-corrected chi connectivity index (χ0v) is 14.7. The zero-order valence-electron chi connectivity index (χ0n) is 14.7. The Bertz CT molecular complexity index is 702. The topological polar surface area (TPSA) is 72.2 Å². The summed E-state index contributed by atoms with van der Waals surface area (Å²) in [7, 11) is 0. The van der Waals surface area contributed by atoms with Gasteiger partial charge in [0.2, 0.25) is 0 Å². The molecule has 1 atom stereocenters. The second-order valence-corrected chi connectivity index (χ2v) is 6.35. The molecule has 3 rings (SSSR count). The van der Waals surface area contributed by atoms with Gasteiger partial charge in [0.05, 0.1) is 18.8 Å². The lowest BCUT2D eigenvalue weighted by Crippen LogP contribution is -3.15. The van der Waals surface area contributed by atoms with Gasteiger partial charge in [-0.2, -0.15) is 0 Å². The second kappa shape index (κ2) is 9.33. The molecule has 138 valence electrons. The number of carbonyl (C=O) groups excluding carboxylic acids is 1. The molecule has 0 bridgehead atoms. The van der Waals surface area contributed by atoms with Gasteiger partial charge in [0.25, 0.3) is 5.91 Å². The van der Waals surface area contributed by atoms with E-state index in [1.807, 2.05) is 36.4 Å². The Balaban J connectivity index is 1.57. The summed E-state index contributed by atoms with van der Waals surface area (Å²) in [6, 6.07) is 16.3. The molecule has 2 aromatic rings. The number of aliphatic hydroxyl groups is 1. The highest BCUT2D eigenvalue weighted by molar-refractivity contribution is 6.06. The van der Waals surface area contributed by atoms with Crippen molar-refractivity contribution in [2.45, 2.75) is 6.10 Å². The lowest BCUT2D eigenvalue weighted by molar-refractivity contribution is -0.911. The van der Waals surface area contributed by atoms with Gasteiger partial charge in [0.15, 0.2) is 0 Å². The summed E-state index contributed by atoms with van der Waals surface area (Å²) in [5.41, 5.74) is 1.17. The molecule has 3 N–H and O–H groups in total. The van der Waals surface area contributed by atoms with Gasteiger partial charge in [0, 0.05) is 5.69 Å². The zero-order chi connectivity index (χ0) is 18.2. The molecule has 1 aliphatic rings. The van der Waals surface area contributed by atoms with Crippen LogP contribution in [0.1, 0.15) is 10.4 Å². The van der Waals surface area contributed by atoms with E-state index in [0.717, 1.165) is 32.0 Å². The third kappa shape index (κ3) is 5.29. The predicted octanol–water partition coefficient (Wildman–Crippen LogP) is 0.594. The van der Waals surface area contributed by atoms with E-state index < -0.39 is 6.10 Å². The predicted molar refractivity (Wildman–Crippen MR) is 98.7 cm³/mol. The summed E-state index contributed by atoms with van der Waals surface area (Å²) in [6.07, 6.45) is -0.589. The van der Waals surface area contributed by atoms with Crippen LogP contribution in [-0.4, -0.2) is 56.6 Å². The third-order valence-corrected chi connectivity index (χ3v) is 4.32. The van der Waals surface area contributed by atoms with Crippen molar-refractivity contribution in [3.8, 4) is 5.75 Å². The average Bonchev–Trinajstić information content (AvgIpc) is 2.68. The molecule has 1 heterocycles. The number of hydrogen-bond acceptors (Lipinski definition) is 4. The van der Waals surface area contributed by atoms with Crippen LogP contribution in [0.25, 0.3) is 0 Å². The molecular weight excluding hydrogens is 332 g/mol. The van der Waals surface area contributed by atoms with E-state index in [1.54, 1.807) is 18.2 Å². The van der Waals surface area contributed by atoms with Gasteiger partial charge < -0.3 is 24.8 Å². The molecule has 0 spiro atoms. The first-order valence-electron chi connectivity index (χ1n) is 8.90. The maximum Gasteiger partial charge on any atom is 0.259 e. The standard InChI is InChI=1S/C20H24N2O4/c23-17(14-22-10-12-25-13-11-22)15-26-19-9-5-4-8-18(19)20(24)21-16-6-2-1-3-7-16/h1-9,17,23H,10-15H2,(H,21,24)/p+1. The molecule has 1 unspecified atom stereocenters. The number of nitrogens with one attached hydrogen (secondary N) is 2. The molecule has 6 nitrogen and oxygen atoms in total. The fourth-order valence-electron chi connectivity index (χ4n) is 2.94. The van der Waals surface area contributed by atoms with Gasteiger partial charge in [-0.25, -0.2) is 0 Å². The Morgan fingerprint density at radius 3 is 2.58 bits per heavy atom. The van der Waals surface area contributed by atoms with Crippen LogP contribution >= 0.6 is 0 Å². The maximum atomic E-state index is 12.5. The van der Waals surface area contributed by atoms with Crippen molar-refractivity contribution in [2.75, 3.05) is 44.8 Å². The van der Waals surface area contributed by atoms with Crippen molar-refractivity contribution < 1.29 is 24.3 Å². The van der Waals surface area contributed by atoms with Crippen molar-refractivity contribution in [2.24, 2.45) is 0 Å². The summed E-state index contributed by atoms with van der Waals surface area (Å²) < 4.78 is 11.1. The van der Waals surface area contributed by atoms with Crippen molar-refractivity contribution in [1.29, 1.82) is 0 Å². The molecule has 2 aromatic carbocycles. The minimum Gasteiger partial charge on any atom is -0.490 e. The fraction of sp³-hybridized carbons (Fsp3) is 0.350. The Kier molecular flexibility index (Phi) is 6.60. The van der Waals surface area contributed by atoms with E-state index in [9.17, 15) is 9.90 Å². The highest BCUT2D eigenvalue weighted by Gasteiger charge is 2.19. The number of rotatable bonds is 7. The second-order valence-electron chi connectivity index (χ2n) is 6.35. The minimum atomic E-state index is -0.589. The summed E-state index contributed by atoms with van der Waals surface area (Å²) in [4.78, 5) is 13.8. The number of ether oxygens (including phenoxy) is 2. The van der Waals surface area contributed by atoms with E-state index in [2.05, 4.69) is 5.32 Å². The van der Waals surface area contributed by atoms with Crippen LogP contribution in [0, 0.1) is 0 Å². The molecule has 1 saturated heterocycles. The molecule has 0 aromatic heterocycles. The van der Waals surface area contributed by atoms with Crippen molar-refractivity contribution in [3.05, 3.63) is 60.2 Å². The number of quaternary nitrogens is 1. The highest BCUT2D eigenvalue weighted by atomic mass is 16.5. The summed E-state index contributed by atoms with van der Waals surface area (Å²) in [5.74, 6) is 0.233. The number of benzene rings is 2. The van der Waals surface area contributed by atoms with Gasteiger partial charge in [0.1, 0.15) is 38.1 Å². The Labute approximate surface area is 153 Å². The van der Waals surface area contributed by atoms with Crippen LogP contribution in [0.3, 0.4) is 0 Å². The lowest BCUT2D eigenvalue weighted by Gasteiger charge is -2.25. The van der Waals surface area contributed by atoms with Gasteiger partial charge in [-0.05, 0) is 24.3 Å². The van der Waals surface area contributed by atoms with Crippen LogP contribution in [-0.2, 0) is 4.74 Å². The molecule has 0 aliphatic carbocycles. The first kappa shape index (κ1) is 18.4. The molecule has 1 aliphatic heterocycles. The number of aliphatic hydroxyl groups excluding tert-OH is 1. The number of amides is 1. The minimum absolute atomic E-state index is 0.153. The maximum absolute atomic E-state index is 12.5. The normalized spacial score (nSPS) is 16.0.